The van der Waals surface area contributed by atoms with Crippen molar-refractivity contribution in [2.75, 3.05) is 0 Å². The number of benzene rings is 3. The number of halogens is 5. The van der Waals surface area contributed by atoms with Gasteiger partial charge in [-0.05, 0) is 79.9 Å². The predicted octanol–water partition coefficient (Wildman–Crippen LogP) is 8.14. The molecular formula is C23H10Br2F3N3O4. The van der Waals surface area contributed by atoms with Crippen LogP contribution in [-0.2, 0) is 6.18 Å². The SMILES string of the molecule is N#C/C(=C\c1cc(Br)c(Oc2ccc(C(F)(F)F)cc2[N+](=O)[O-])c(Br)c1)c1nc2ccccc2o1. The maximum Gasteiger partial charge on any atom is 0.416 e. The van der Waals surface area contributed by atoms with Crippen molar-refractivity contribution in [2.45, 2.75) is 6.18 Å². The summed E-state index contributed by atoms with van der Waals surface area (Å²) in [4.78, 5) is 14.7. The van der Waals surface area contributed by atoms with Crippen LogP contribution >= 0.6 is 31.9 Å². The first-order valence-electron chi connectivity index (χ1n) is 9.57. The molecule has 0 radical (unpaired) electrons. The second kappa shape index (κ2) is 9.52. The Hall–Kier alpha value is -3.69. The van der Waals surface area contributed by atoms with Gasteiger partial charge < -0.3 is 9.15 Å². The lowest BCUT2D eigenvalue weighted by Crippen LogP contribution is -2.06. The molecule has 0 aliphatic rings. The second-order valence-electron chi connectivity index (χ2n) is 7.01. The molecular weight excluding hydrogens is 599 g/mol. The van der Waals surface area contributed by atoms with E-state index in [9.17, 15) is 28.5 Å². The average Bonchev–Trinajstić information content (AvgIpc) is 3.23. The molecule has 12 heteroatoms. The lowest BCUT2D eigenvalue weighted by Gasteiger charge is -2.13. The van der Waals surface area contributed by atoms with Crippen LogP contribution in [0.15, 0.2) is 68.0 Å². The number of oxazole rings is 1. The third kappa shape index (κ3) is 5.21. The number of allylic oxidation sites excluding steroid dienone is 1. The van der Waals surface area contributed by atoms with Crippen molar-refractivity contribution in [1.82, 2.24) is 4.98 Å². The van der Waals surface area contributed by atoms with Crippen LogP contribution < -0.4 is 4.74 Å². The quantitative estimate of drug-likeness (QED) is 0.129. The number of rotatable bonds is 5. The monoisotopic (exact) mass is 607 g/mol. The summed E-state index contributed by atoms with van der Waals surface area (Å²) in [7, 11) is 0. The van der Waals surface area contributed by atoms with Gasteiger partial charge in [-0.15, -0.1) is 0 Å². The number of hydrogen-bond acceptors (Lipinski definition) is 6. The van der Waals surface area contributed by atoms with Crippen LogP contribution in [0.25, 0.3) is 22.7 Å². The molecule has 0 bridgehead atoms. The number of nitrogens with zero attached hydrogens (tertiary/aromatic N) is 3. The van der Waals surface area contributed by atoms with Crippen LogP contribution in [0.5, 0.6) is 11.5 Å². The van der Waals surface area contributed by atoms with Gasteiger partial charge in [-0.1, -0.05) is 12.1 Å². The summed E-state index contributed by atoms with van der Waals surface area (Å²) in [6.07, 6.45) is -3.23. The van der Waals surface area contributed by atoms with Gasteiger partial charge in [0.25, 0.3) is 0 Å². The number of nitro groups is 1. The number of nitro benzene ring substituents is 1. The molecule has 0 spiro atoms. The third-order valence-corrected chi connectivity index (χ3v) is 5.85. The molecule has 176 valence electrons. The van der Waals surface area contributed by atoms with Gasteiger partial charge in [0.2, 0.25) is 11.6 Å². The summed E-state index contributed by atoms with van der Waals surface area (Å²) < 4.78 is 50.7. The first kappa shape index (κ1) is 24.4. The fourth-order valence-corrected chi connectivity index (χ4v) is 4.47. The van der Waals surface area contributed by atoms with Crippen molar-refractivity contribution in [1.29, 1.82) is 5.26 Å². The van der Waals surface area contributed by atoms with Gasteiger partial charge in [0.15, 0.2) is 11.3 Å². The van der Waals surface area contributed by atoms with Crippen LogP contribution in [-0.4, -0.2) is 9.91 Å². The Kier molecular flexibility index (Phi) is 6.64. The van der Waals surface area contributed by atoms with E-state index in [0.29, 0.717) is 37.7 Å². The van der Waals surface area contributed by atoms with Crippen molar-refractivity contribution in [3.63, 3.8) is 0 Å². The van der Waals surface area contributed by atoms with Gasteiger partial charge in [-0.3, -0.25) is 10.1 Å². The highest BCUT2D eigenvalue weighted by atomic mass is 79.9. The lowest BCUT2D eigenvalue weighted by molar-refractivity contribution is -0.385. The fraction of sp³-hybridized carbons (Fsp3) is 0.0435. The molecule has 0 saturated carbocycles. The summed E-state index contributed by atoms with van der Waals surface area (Å²) in [5.41, 5.74) is -0.228. The van der Waals surface area contributed by atoms with Crippen molar-refractivity contribution in [3.05, 3.63) is 90.7 Å². The summed E-state index contributed by atoms with van der Waals surface area (Å²) in [6, 6.07) is 14.2. The first-order chi connectivity index (χ1) is 16.6. The molecule has 4 rings (SSSR count). The van der Waals surface area contributed by atoms with E-state index >= 15 is 0 Å². The van der Waals surface area contributed by atoms with E-state index in [1.54, 1.807) is 36.4 Å². The van der Waals surface area contributed by atoms with Crippen LogP contribution in [0.4, 0.5) is 18.9 Å². The maximum atomic E-state index is 13.0. The van der Waals surface area contributed by atoms with Crippen molar-refractivity contribution < 1.29 is 27.2 Å². The average molecular weight is 609 g/mol. The molecule has 35 heavy (non-hydrogen) atoms. The van der Waals surface area contributed by atoms with E-state index < -0.39 is 22.4 Å². The third-order valence-electron chi connectivity index (χ3n) is 4.67. The van der Waals surface area contributed by atoms with Crippen molar-refractivity contribution >= 4 is 60.3 Å². The van der Waals surface area contributed by atoms with E-state index in [2.05, 4.69) is 36.8 Å². The van der Waals surface area contributed by atoms with Gasteiger partial charge in [-0.25, -0.2) is 4.98 Å². The van der Waals surface area contributed by atoms with E-state index in [0.717, 1.165) is 6.07 Å². The van der Waals surface area contributed by atoms with Gasteiger partial charge in [0, 0.05) is 6.07 Å². The number of alkyl halides is 3. The summed E-state index contributed by atoms with van der Waals surface area (Å²) in [5.74, 6) is -0.163. The molecule has 0 amide bonds. The van der Waals surface area contributed by atoms with Crippen LogP contribution in [0, 0.1) is 21.4 Å². The van der Waals surface area contributed by atoms with E-state index in [-0.39, 0.29) is 23.0 Å². The Labute approximate surface area is 211 Å². The maximum absolute atomic E-state index is 13.0. The van der Waals surface area contributed by atoms with Gasteiger partial charge in [-0.2, -0.15) is 18.4 Å². The summed E-state index contributed by atoms with van der Waals surface area (Å²) in [6.45, 7) is 0. The number of fused-ring (bicyclic) bond motifs is 1. The minimum absolute atomic E-state index is 0.0883. The van der Waals surface area contributed by atoms with Crippen LogP contribution in [0.2, 0.25) is 0 Å². The molecule has 0 aliphatic carbocycles. The number of nitriles is 1. The highest BCUT2D eigenvalue weighted by molar-refractivity contribution is 9.11. The normalized spacial score (nSPS) is 11.9. The Morgan fingerprint density at radius 3 is 2.43 bits per heavy atom. The smallest absolute Gasteiger partial charge is 0.416 e. The largest absolute Gasteiger partial charge is 0.448 e. The molecule has 0 N–H and O–H groups in total. The lowest BCUT2D eigenvalue weighted by atomic mass is 10.1. The summed E-state index contributed by atoms with van der Waals surface area (Å²) in [5, 5.41) is 21.0. The molecule has 0 aliphatic heterocycles. The Balaban J connectivity index is 1.69. The number of hydrogen-bond donors (Lipinski definition) is 0. The Morgan fingerprint density at radius 1 is 1.14 bits per heavy atom. The van der Waals surface area contributed by atoms with Crippen molar-refractivity contribution in [3.8, 4) is 17.6 Å². The van der Waals surface area contributed by atoms with Crippen molar-refractivity contribution in [2.24, 2.45) is 0 Å². The topological polar surface area (TPSA) is 102 Å². The first-order valence-corrected chi connectivity index (χ1v) is 11.2. The molecule has 0 saturated heterocycles. The van der Waals surface area contributed by atoms with Gasteiger partial charge >= 0.3 is 11.9 Å². The van der Waals surface area contributed by atoms with Crippen LogP contribution in [0.3, 0.4) is 0 Å². The summed E-state index contributed by atoms with van der Waals surface area (Å²) >= 11 is 6.61. The molecule has 0 atom stereocenters. The molecule has 0 unspecified atom stereocenters. The zero-order valence-corrected chi connectivity index (χ0v) is 20.3. The number of ether oxygens (including phenoxy) is 1. The second-order valence-corrected chi connectivity index (χ2v) is 8.72. The standard InChI is InChI=1S/C23H10Br2F3N3O4/c24-15-8-12(7-13(11-29)22-30-17-3-1-2-4-19(17)35-22)9-16(25)21(15)34-20-6-5-14(23(26,27)28)10-18(20)31(32)33/h1-10H/b13-7+. The molecule has 0 fully saturated rings. The fourth-order valence-electron chi connectivity index (χ4n) is 3.09. The van der Waals surface area contributed by atoms with Gasteiger partial charge in [0.05, 0.1) is 19.4 Å². The number of para-hydroxylation sites is 2. The van der Waals surface area contributed by atoms with E-state index in [1.165, 1.54) is 6.08 Å². The minimum atomic E-state index is -4.74. The number of aromatic nitrogens is 1. The molecule has 1 heterocycles. The molecule has 1 aromatic heterocycles. The highest BCUT2D eigenvalue weighted by Crippen LogP contribution is 2.43. The van der Waals surface area contributed by atoms with E-state index in [4.69, 9.17) is 9.15 Å². The molecule has 3 aromatic carbocycles. The zero-order valence-electron chi connectivity index (χ0n) is 17.1. The van der Waals surface area contributed by atoms with Crippen LogP contribution in [0.1, 0.15) is 17.0 Å². The Bertz CT molecular complexity index is 1490. The molecule has 7 nitrogen and oxygen atoms in total. The minimum Gasteiger partial charge on any atom is -0.448 e. The predicted molar refractivity (Wildman–Crippen MR) is 128 cm³/mol. The van der Waals surface area contributed by atoms with E-state index in [1.807, 2.05) is 6.07 Å². The van der Waals surface area contributed by atoms with Gasteiger partial charge in [0.1, 0.15) is 17.2 Å². The zero-order chi connectivity index (χ0) is 25.3. The Morgan fingerprint density at radius 2 is 1.83 bits per heavy atom. The molecule has 4 aromatic rings. The highest BCUT2D eigenvalue weighted by Gasteiger charge is 2.33.